The molecule has 0 radical (unpaired) electrons. The molecule has 1 aliphatic heterocycles. The molecule has 0 aliphatic carbocycles. The van der Waals surface area contributed by atoms with Crippen LogP contribution in [0.15, 0.2) is 0 Å². The SMILES string of the molecule is CC(S)CN1CCNCC1. The zero-order valence-electron chi connectivity index (χ0n) is 6.51. The molecule has 3 heteroatoms. The summed E-state index contributed by atoms with van der Waals surface area (Å²) in [6, 6.07) is 0. The normalized spacial score (nSPS) is 24.6. The van der Waals surface area contributed by atoms with E-state index in [9.17, 15) is 0 Å². The Kier molecular flexibility index (Phi) is 3.52. The van der Waals surface area contributed by atoms with Gasteiger partial charge in [-0.15, -0.1) is 0 Å². The summed E-state index contributed by atoms with van der Waals surface area (Å²) in [4.78, 5) is 2.45. The van der Waals surface area contributed by atoms with Crippen LogP contribution >= 0.6 is 12.6 Å². The molecule has 0 spiro atoms. The molecule has 0 saturated carbocycles. The minimum Gasteiger partial charge on any atom is -0.314 e. The van der Waals surface area contributed by atoms with Gasteiger partial charge in [0, 0.05) is 38.0 Å². The fraction of sp³-hybridized carbons (Fsp3) is 1.00. The molecule has 1 saturated heterocycles. The molecule has 1 fully saturated rings. The van der Waals surface area contributed by atoms with Gasteiger partial charge in [-0.2, -0.15) is 12.6 Å². The van der Waals surface area contributed by atoms with Gasteiger partial charge < -0.3 is 5.32 Å². The Hall–Kier alpha value is 0.270. The summed E-state index contributed by atoms with van der Waals surface area (Å²) in [5.74, 6) is 0. The first-order chi connectivity index (χ1) is 4.79. The van der Waals surface area contributed by atoms with Crippen molar-refractivity contribution in [3.8, 4) is 0 Å². The lowest BCUT2D eigenvalue weighted by atomic mass is 10.3. The van der Waals surface area contributed by atoms with Gasteiger partial charge in [0.05, 0.1) is 0 Å². The van der Waals surface area contributed by atoms with Gasteiger partial charge in [-0.05, 0) is 0 Å². The molecule has 1 unspecified atom stereocenters. The number of piperazine rings is 1. The van der Waals surface area contributed by atoms with Crippen LogP contribution in [-0.4, -0.2) is 42.9 Å². The van der Waals surface area contributed by atoms with Crippen molar-refractivity contribution in [3.05, 3.63) is 0 Å². The van der Waals surface area contributed by atoms with Crippen LogP contribution in [0.3, 0.4) is 0 Å². The van der Waals surface area contributed by atoms with Crippen molar-refractivity contribution < 1.29 is 0 Å². The first-order valence-electron chi connectivity index (χ1n) is 3.90. The smallest absolute Gasteiger partial charge is 0.0116 e. The lowest BCUT2D eigenvalue weighted by molar-refractivity contribution is 0.244. The number of nitrogens with one attached hydrogen (secondary N) is 1. The number of thiol groups is 1. The van der Waals surface area contributed by atoms with E-state index in [1.54, 1.807) is 0 Å². The van der Waals surface area contributed by atoms with Crippen LogP contribution in [0.4, 0.5) is 0 Å². The summed E-state index contributed by atoms with van der Waals surface area (Å²) in [6.45, 7) is 7.92. The highest BCUT2D eigenvalue weighted by Gasteiger charge is 2.09. The largest absolute Gasteiger partial charge is 0.314 e. The van der Waals surface area contributed by atoms with Gasteiger partial charge in [-0.1, -0.05) is 6.92 Å². The minimum atomic E-state index is 0.512. The number of nitrogens with zero attached hydrogens (tertiary/aromatic N) is 1. The molecule has 1 aliphatic rings. The van der Waals surface area contributed by atoms with Crippen molar-refractivity contribution in [1.82, 2.24) is 10.2 Å². The quantitative estimate of drug-likeness (QED) is 0.561. The van der Waals surface area contributed by atoms with E-state index in [4.69, 9.17) is 0 Å². The Morgan fingerprint density at radius 1 is 1.50 bits per heavy atom. The molecule has 0 aromatic heterocycles. The molecule has 2 nitrogen and oxygen atoms in total. The van der Waals surface area contributed by atoms with Gasteiger partial charge >= 0.3 is 0 Å². The first kappa shape index (κ1) is 8.37. The maximum absolute atomic E-state index is 4.35. The van der Waals surface area contributed by atoms with Crippen molar-refractivity contribution in [2.24, 2.45) is 0 Å². The third kappa shape index (κ3) is 2.90. The number of hydrogen-bond donors (Lipinski definition) is 2. The molecule has 0 aromatic rings. The summed E-state index contributed by atoms with van der Waals surface area (Å²) in [6.07, 6.45) is 0. The highest BCUT2D eigenvalue weighted by atomic mass is 32.1. The Morgan fingerprint density at radius 3 is 2.60 bits per heavy atom. The van der Waals surface area contributed by atoms with Gasteiger partial charge in [-0.3, -0.25) is 4.90 Å². The average molecular weight is 160 g/mol. The molecule has 0 amide bonds. The van der Waals surface area contributed by atoms with E-state index in [1.807, 2.05) is 0 Å². The van der Waals surface area contributed by atoms with Crippen molar-refractivity contribution in [3.63, 3.8) is 0 Å². The van der Waals surface area contributed by atoms with Crippen molar-refractivity contribution in [2.75, 3.05) is 32.7 Å². The van der Waals surface area contributed by atoms with Crippen molar-refractivity contribution >= 4 is 12.6 Å². The maximum atomic E-state index is 4.35. The highest BCUT2D eigenvalue weighted by Crippen LogP contribution is 1.98. The van der Waals surface area contributed by atoms with Gasteiger partial charge in [0.1, 0.15) is 0 Å². The second kappa shape index (κ2) is 4.21. The third-order valence-electron chi connectivity index (χ3n) is 1.73. The van der Waals surface area contributed by atoms with Gasteiger partial charge in [-0.25, -0.2) is 0 Å². The van der Waals surface area contributed by atoms with Crippen LogP contribution in [0.1, 0.15) is 6.92 Å². The Labute approximate surface area is 68.4 Å². The lowest BCUT2D eigenvalue weighted by Gasteiger charge is -2.28. The average Bonchev–Trinajstić information content (AvgIpc) is 1.88. The van der Waals surface area contributed by atoms with Crippen LogP contribution in [0, 0.1) is 0 Å². The van der Waals surface area contributed by atoms with E-state index in [1.165, 1.54) is 13.1 Å². The van der Waals surface area contributed by atoms with Crippen molar-refractivity contribution in [1.29, 1.82) is 0 Å². The standard InChI is InChI=1S/C7H16N2S/c1-7(10)6-9-4-2-8-3-5-9/h7-8,10H,2-6H2,1H3. The van der Waals surface area contributed by atoms with Crippen LogP contribution in [0.2, 0.25) is 0 Å². The number of hydrogen-bond acceptors (Lipinski definition) is 3. The van der Waals surface area contributed by atoms with Crippen molar-refractivity contribution in [2.45, 2.75) is 12.2 Å². The van der Waals surface area contributed by atoms with Crippen LogP contribution in [0.5, 0.6) is 0 Å². The van der Waals surface area contributed by atoms with E-state index in [0.717, 1.165) is 19.6 Å². The van der Waals surface area contributed by atoms with Crippen LogP contribution in [0.25, 0.3) is 0 Å². The molecule has 10 heavy (non-hydrogen) atoms. The van der Waals surface area contributed by atoms with E-state index < -0.39 is 0 Å². The van der Waals surface area contributed by atoms with E-state index in [2.05, 4.69) is 29.8 Å². The maximum Gasteiger partial charge on any atom is 0.0116 e. The van der Waals surface area contributed by atoms with E-state index in [-0.39, 0.29) is 0 Å². The molecule has 60 valence electrons. The summed E-state index contributed by atoms with van der Waals surface area (Å²) in [7, 11) is 0. The second-order valence-corrected chi connectivity index (χ2v) is 3.78. The van der Waals surface area contributed by atoms with E-state index in [0.29, 0.717) is 5.25 Å². The van der Waals surface area contributed by atoms with E-state index >= 15 is 0 Å². The Morgan fingerprint density at radius 2 is 2.10 bits per heavy atom. The fourth-order valence-electron chi connectivity index (χ4n) is 1.27. The summed E-state index contributed by atoms with van der Waals surface area (Å²) >= 11 is 4.35. The highest BCUT2D eigenvalue weighted by molar-refractivity contribution is 7.80. The second-order valence-electron chi connectivity index (χ2n) is 2.90. The molecular weight excluding hydrogens is 144 g/mol. The Balaban J connectivity index is 2.13. The molecule has 0 aromatic carbocycles. The molecule has 1 rings (SSSR count). The zero-order chi connectivity index (χ0) is 7.40. The van der Waals surface area contributed by atoms with Gasteiger partial charge in [0.25, 0.3) is 0 Å². The number of rotatable bonds is 2. The van der Waals surface area contributed by atoms with Gasteiger partial charge in [0.15, 0.2) is 0 Å². The predicted molar refractivity (Wildman–Crippen MR) is 47.8 cm³/mol. The lowest BCUT2D eigenvalue weighted by Crippen LogP contribution is -2.45. The monoisotopic (exact) mass is 160 g/mol. The molecule has 0 bridgehead atoms. The summed E-state index contributed by atoms with van der Waals surface area (Å²) in [5, 5.41) is 3.83. The predicted octanol–water partition coefficient (Wildman–Crippen LogP) is 0.210. The van der Waals surface area contributed by atoms with Crippen LogP contribution in [-0.2, 0) is 0 Å². The first-order valence-corrected chi connectivity index (χ1v) is 4.42. The topological polar surface area (TPSA) is 15.3 Å². The van der Waals surface area contributed by atoms with Crippen LogP contribution < -0.4 is 5.32 Å². The Bertz CT molecular complexity index is 89.6. The minimum absolute atomic E-state index is 0.512. The molecule has 1 atom stereocenters. The third-order valence-corrected chi connectivity index (χ3v) is 1.90. The molecule has 1 N–H and O–H groups in total. The summed E-state index contributed by atoms with van der Waals surface area (Å²) in [5.41, 5.74) is 0. The van der Waals surface area contributed by atoms with Gasteiger partial charge in [0.2, 0.25) is 0 Å². The molecular formula is C7H16N2S. The molecule has 1 heterocycles. The zero-order valence-corrected chi connectivity index (χ0v) is 7.40. The fourth-order valence-corrected chi connectivity index (χ4v) is 1.50. The summed E-state index contributed by atoms with van der Waals surface area (Å²) < 4.78 is 0.